The van der Waals surface area contributed by atoms with Gasteiger partial charge in [0.05, 0.1) is 25.5 Å². The monoisotopic (exact) mass is 413 g/mol. The molecule has 0 atom stereocenters. The van der Waals surface area contributed by atoms with Gasteiger partial charge in [-0.15, -0.1) is 11.3 Å². The van der Waals surface area contributed by atoms with Crippen molar-refractivity contribution in [1.29, 1.82) is 0 Å². The number of hydrogen-bond acceptors (Lipinski definition) is 7. The minimum atomic E-state index is -0.324. The fourth-order valence-electron chi connectivity index (χ4n) is 2.68. The summed E-state index contributed by atoms with van der Waals surface area (Å²) in [5, 5.41) is 5.16. The van der Waals surface area contributed by atoms with E-state index in [2.05, 4.69) is 15.3 Å². The zero-order valence-corrected chi connectivity index (χ0v) is 17.4. The number of hydrogen-bond donors (Lipinski definition) is 1. The van der Waals surface area contributed by atoms with Crippen LogP contribution >= 0.6 is 11.3 Å². The van der Waals surface area contributed by atoms with Gasteiger partial charge < -0.3 is 14.2 Å². The van der Waals surface area contributed by atoms with Crippen LogP contribution in [-0.4, -0.2) is 35.7 Å². The van der Waals surface area contributed by atoms with Crippen molar-refractivity contribution in [2.45, 2.75) is 20.8 Å². The molecule has 0 aliphatic rings. The number of thiazole rings is 1. The van der Waals surface area contributed by atoms with E-state index in [-0.39, 0.29) is 5.91 Å². The first-order chi connectivity index (χ1) is 14.2. The second-order valence-electron chi connectivity index (χ2n) is 5.81. The summed E-state index contributed by atoms with van der Waals surface area (Å²) in [6.07, 6.45) is 1.59. The molecule has 0 aliphatic heterocycles. The summed E-state index contributed by atoms with van der Waals surface area (Å²) in [4.78, 5) is 21.3. The molecule has 0 aliphatic carbocycles. The van der Waals surface area contributed by atoms with Crippen LogP contribution in [0.25, 0.3) is 11.3 Å². The number of benzene rings is 1. The maximum atomic E-state index is 12.7. The molecule has 0 spiro atoms. The number of anilines is 1. The molecule has 29 heavy (non-hydrogen) atoms. The predicted molar refractivity (Wildman–Crippen MR) is 113 cm³/mol. The van der Waals surface area contributed by atoms with E-state index in [1.807, 2.05) is 44.4 Å². The highest BCUT2D eigenvalue weighted by Gasteiger charge is 2.17. The van der Waals surface area contributed by atoms with E-state index in [0.717, 1.165) is 11.3 Å². The van der Waals surface area contributed by atoms with Gasteiger partial charge in [-0.25, -0.2) is 9.97 Å². The molecular weight excluding hydrogens is 390 g/mol. The van der Waals surface area contributed by atoms with Crippen LogP contribution in [0.1, 0.15) is 31.1 Å². The van der Waals surface area contributed by atoms with Crippen molar-refractivity contribution >= 4 is 22.4 Å². The molecule has 0 unspecified atom stereocenters. The molecule has 1 N–H and O–H groups in total. The Balaban J connectivity index is 1.84. The fourth-order valence-corrected chi connectivity index (χ4v) is 3.39. The lowest BCUT2D eigenvalue weighted by Gasteiger charge is -2.11. The lowest BCUT2D eigenvalue weighted by Crippen LogP contribution is -2.14. The van der Waals surface area contributed by atoms with E-state index >= 15 is 0 Å². The molecule has 0 fully saturated rings. The molecule has 1 amide bonds. The first-order valence-electron chi connectivity index (χ1n) is 9.40. The number of carbonyl (C=O) groups excluding carboxylic acids is 1. The van der Waals surface area contributed by atoms with Crippen LogP contribution in [0, 0.1) is 0 Å². The Morgan fingerprint density at radius 2 is 1.86 bits per heavy atom. The predicted octanol–water partition coefficient (Wildman–Crippen LogP) is 4.65. The largest absolute Gasteiger partial charge is 0.494 e. The second-order valence-corrected chi connectivity index (χ2v) is 6.66. The average Bonchev–Trinajstić information content (AvgIpc) is 3.18. The molecule has 0 saturated carbocycles. The first kappa shape index (κ1) is 20.6. The van der Waals surface area contributed by atoms with Crippen molar-refractivity contribution in [2.75, 3.05) is 25.1 Å². The van der Waals surface area contributed by atoms with Gasteiger partial charge in [-0.2, -0.15) is 0 Å². The standard InChI is InChI=1S/C21H23N3O4S/c1-4-26-14-9-10-18(27-5-2)16(12-14)17-13-29-21(23-17)24-19(25)15-8-7-11-22-20(15)28-6-3/h7-13H,4-6H2,1-3H3,(H,23,24,25). The summed E-state index contributed by atoms with van der Waals surface area (Å²) in [5.41, 5.74) is 1.87. The normalized spacial score (nSPS) is 10.4. The number of carbonyl (C=O) groups is 1. The Bertz CT molecular complexity index is 974. The molecule has 1 aromatic carbocycles. The van der Waals surface area contributed by atoms with E-state index in [0.29, 0.717) is 47.8 Å². The quantitative estimate of drug-likeness (QED) is 0.550. The van der Waals surface area contributed by atoms with Crippen LogP contribution in [0.3, 0.4) is 0 Å². The van der Waals surface area contributed by atoms with E-state index in [4.69, 9.17) is 14.2 Å². The van der Waals surface area contributed by atoms with Crippen LogP contribution in [0.2, 0.25) is 0 Å². The third kappa shape index (κ3) is 5.03. The number of pyridine rings is 1. The topological polar surface area (TPSA) is 82.6 Å². The first-order valence-corrected chi connectivity index (χ1v) is 10.3. The summed E-state index contributed by atoms with van der Waals surface area (Å²) < 4.78 is 16.7. The highest BCUT2D eigenvalue weighted by atomic mass is 32.1. The van der Waals surface area contributed by atoms with Crippen LogP contribution < -0.4 is 19.5 Å². The van der Waals surface area contributed by atoms with Crippen molar-refractivity contribution < 1.29 is 19.0 Å². The zero-order valence-electron chi connectivity index (χ0n) is 16.6. The number of nitrogens with one attached hydrogen (secondary N) is 1. The van der Waals surface area contributed by atoms with Gasteiger partial charge in [-0.05, 0) is 51.1 Å². The zero-order chi connectivity index (χ0) is 20.6. The van der Waals surface area contributed by atoms with E-state index in [1.54, 1.807) is 18.3 Å². The third-order valence-corrected chi connectivity index (χ3v) is 4.62. The molecular formula is C21H23N3O4S. The second kappa shape index (κ2) is 9.88. The number of amides is 1. The SMILES string of the molecule is CCOc1ccc(OCC)c(-c2csc(NC(=O)c3cccnc3OCC)n2)c1. The van der Waals surface area contributed by atoms with E-state index in [1.165, 1.54) is 11.3 Å². The molecule has 0 radical (unpaired) electrons. The highest BCUT2D eigenvalue weighted by Crippen LogP contribution is 2.35. The van der Waals surface area contributed by atoms with Gasteiger partial charge in [0.25, 0.3) is 5.91 Å². The average molecular weight is 413 g/mol. The van der Waals surface area contributed by atoms with Gasteiger partial charge in [-0.1, -0.05) is 0 Å². The molecule has 152 valence electrons. The fraction of sp³-hybridized carbons (Fsp3) is 0.286. The Morgan fingerprint density at radius 1 is 1.07 bits per heavy atom. The van der Waals surface area contributed by atoms with Gasteiger partial charge >= 0.3 is 0 Å². The number of aromatic nitrogens is 2. The Labute approximate surface area is 173 Å². The summed E-state index contributed by atoms with van der Waals surface area (Å²) in [7, 11) is 0. The summed E-state index contributed by atoms with van der Waals surface area (Å²) in [5.74, 6) is 1.43. The lowest BCUT2D eigenvalue weighted by molar-refractivity contribution is 0.102. The minimum Gasteiger partial charge on any atom is -0.494 e. The van der Waals surface area contributed by atoms with Crippen molar-refractivity contribution in [1.82, 2.24) is 9.97 Å². The number of nitrogens with zero attached hydrogens (tertiary/aromatic N) is 2. The minimum absolute atomic E-state index is 0.298. The lowest BCUT2D eigenvalue weighted by atomic mass is 10.1. The maximum absolute atomic E-state index is 12.7. The Hall–Kier alpha value is -3.13. The van der Waals surface area contributed by atoms with E-state index < -0.39 is 0 Å². The highest BCUT2D eigenvalue weighted by molar-refractivity contribution is 7.14. The smallest absolute Gasteiger partial charge is 0.262 e. The van der Waals surface area contributed by atoms with E-state index in [9.17, 15) is 4.79 Å². The molecule has 2 heterocycles. The van der Waals surface area contributed by atoms with Gasteiger partial charge in [0.1, 0.15) is 17.1 Å². The van der Waals surface area contributed by atoms with Gasteiger partial charge in [0, 0.05) is 17.1 Å². The molecule has 3 aromatic rings. The van der Waals surface area contributed by atoms with Crippen LogP contribution in [0.15, 0.2) is 41.9 Å². The van der Waals surface area contributed by atoms with Gasteiger partial charge in [-0.3, -0.25) is 10.1 Å². The Kier molecular flexibility index (Phi) is 7.02. The number of rotatable bonds is 9. The Morgan fingerprint density at radius 3 is 2.62 bits per heavy atom. The summed E-state index contributed by atoms with van der Waals surface area (Å²) in [6, 6.07) is 8.98. The molecule has 7 nitrogen and oxygen atoms in total. The number of ether oxygens (including phenoxy) is 3. The molecule has 0 bridgehead atoms. The van der Waals surface area contributed by atoms with Crippen molar-refractivity contribution in [3.8, 4) is 28.6 Å². The third-order valence-electron chi connectivity index (χ3n) is 3.86. The van der Waals surface area contributed by atoms with Crippen molar-refractivity contribution in [3.63, 3.8) is 0 Å². The molecule has 2 aromatic heterocycles. The van der Waals surface area contributed by atoms with Crippen molar-refractivity contribution in [2.24, 2.45) is 0 Å². The molecule has 8 heteroatoms. The molecule has 0 saturated heterocycles. The van der Waals surface area contributed by atoms with Crippen LogP contribution in [-0.2, 0) is 0 Å². The van der Waals surface area contributed by atoms with Gasteiger partial charge in [0.15, 0.2) is 5.13 Å². The van der Waals surface area contributed by atoms with Crippen molar-refractivity contribution in [3.05, 3.63) is 47.5 Å². The summed E-state index contributed by atoms with van der Waals surface area (Å²) in [6.45, 7) is 7.23. The van der Waals surface area contributed by atoms with Gasteiger partial charge in [0.2, 0.25) is 5.88 Å². The van der Waals surface area contributed by atoms with Crippen LogP contribution in [0.5, 0.6) is 17.4 Å². The maximum Gasteiger partial charge on any atom is 0.262 e. The van der Waals surface area contributed by atoms with Crippen LogP contribution in [0.4, 0.5) is 5.13 Å². The summed E-state index contributed by atoms with van der Waals surface area (Å²) >= 11 is 1.33. The molecule has 3 rings (SSSR count).